The Hall–Kier alpha value is 0.700. The van der Waals surface area contributed by atoms with Gasteiger partial charge in [0.2, 0.25) is 0 Å². The van der Waals surface area contributed by atoms with E-state index >= 15 is 0 Å². The first-order chi connectivity index (χ1) is 6.07. The van der Waals surface area contributed by atoms with Crippen LogP contribution in [0.5, 0.6) is 0 Å². The fourth-order valence-electron chi connectivity index (χ4n) is 0.836. The molecule has 0 aliphatic heterocycles. The molecule has 0 aromatic carbocycles. The third-order valence-electron chi connectivity index (χ3n) is 1.48. The van der Waals surface area contributed by atoms with Crippen molar-refractivity contribution in [2.24, 2.45) is 0 Å². The van der Waals surface area contributed by atoms with Crippen LogP contribution in [0.15, 0.2) is 10.7 Å². The molecule has 0 saturated carbocycles. The summed E-state index contributed by atoms with van der Waals surface area (Å²) >= 11 is 8.38. The number of rotatable bonds is 2. The Balaban J connectivity index is 3.30. The van der Waals surface area contributed by atoms with Crippen molar-refractivity contribution in [3.05, 3.63) is 25.5 Å². The molecule has 0 spiro atoms. The highest BCUT2D eigenvalue weighted by atomic mass is 127. The summed E-state index contributed by atoms with van der Waals surface area (Å²) in [6, 6.07) is 0. The van der Waals surface area contributed by atoms with Crippen molar-refractivity contribution in [3.63, 3.8) is 0 Å². The second kappa shape index (κ2) is 4.97. The summed E-state index contributed by atoms with van der Waals surface area (Å²) in [5, 5.41) is 0.395. The third kappa shape index (κ3) is 2.59. The summed E-state index contributed by atoms with van der Waals surface area (Å²) in [4.78, 5) is 3.85. The lowest BCUT2D eigenvalue weighted by Gasteiger charge is -2.08. The molecule has 0 aliphatic rings. The average Bonchev–Trinajstić information content (AvgIpc) is 2.09. The van der Waals surface area contributed by atoms with Gasteiger partial charge in [0.25, 0.3) is 6.43 Å². The Morgan fingerprint density at radius 2 is 2.15 bits per heavy atom. The smallest absolute Gasteiger partial charge is 0.249 e. The molecule has 0 atom stereocenters. The van der Waals surface area contributed by atoms with Gasteiger partial charge in [0, 0.05) is 17.1 Å². The second-order valence-corrected chi connectivity index (χ2v) is 4.61. The molecule has 1 aromatic rings. The molecule has 0 aliphatic carbocycles. The van der Waals surface area contributed by atoms with Crippen molar-refractivity contribution in [3.8, 4) is 0 Å². The van der Waals surface area contributed by atoms with Crippen molar-refractivity contribution in [2.45, 2.75) is 11.8 Å². The number of hydrogen-bond donors (Lipinski definition) is 0. The molecule has 0 bridgehead atoms. The average molecular weight is 427 g/mol. The molecule has 6 heteroatoms. The summed E-state index contributed by atoms with van der Waals surface area (Å²) < 4.78 is 26.2. The summed E-state index contributed by atoms with van der Waals surface area (Å²) in [7, 11) is 0. The Morgan fingerprint density at radius 1 is 1.54 bits per heavy atom. The van der Waals surface area contributed by atoms with Crippen LogP contribution >= 0.6 is 54.5 Å². The lowest BCUT2D eigenvalue weighted by Crippen LogP contribution is -1.97. The van der Waals surface area contributed by atoms with Crippen molar-refractivity contribution >= 4 is 54.5 Å². The van der Waals surface area contributed by atoms with E-state index in [2.05, 4.69) is 36.8 Å². The molecule has 1 nitrogen and oxygen atoms in total. The van der Waals surface area contributed by atoms with Crippen molar-refractivity contribution < 1.29 is 8.78 Å². The Morgan fingerprint density at radius 3 is 2.62 bits per heavy atom. The maximum Gasteiger partial charge on any atom is 0.265 e. The molecule has 13 heavy (non-hydrogen) atoms. The van der Waals surface area contributed by atoms with E-state index in [0.29, 0.717) is 19.1 Å². The third-order valence-corrected chi connectivity index (χ3v) is 4.45. The van der Waals surface area contributed by atoms with Crippen LogP contribution in [0.1, 0.15) is 17.6 Å². The monoisotopic (exact) mass is 425 g/mol. The predicted molar refractivity (Wildman–Crippen MR) is 62.2 cm³/mol. The van der Waals surface area contributed by atoms with E-state index in [9.17, 15) is 8.78 Å². The number of hydrogen-bond acceptors (Lipinski definition) is 1. The zero-order valence-electron chi connectivity index (χ0n) is 6.20. The van der Waals surface area contributed by atoms with Gasteiger partial charge >= 0.3 is 0 Å². The molecule has 0 unspecified atom stereocenters. The lowest BCUT2D eigenvalue weighted by molar-refractivity contribution is 0.150. The van der Waals surface area contributed by atoms with E-state index in [4.69, 9.17) is 0 Å². The Bertz CT molecular complexity index is 320. The fraction of sp³-hybridized carbons (Fsp3) is 0.286. The van der Waals surface area contributed by atoms with E-state index in [1.54, 1.807) is 0 Å². The number of alkyl halides is 3. The summed E-state index contributed by atoms with van der Waals surface area (Å²) in [6.45, 7) is 0. The van der Waals surface area contributed by atoms with E-state index in [0.717, 1.165) is 0 Å². The first-order valence-electron chi connectivity index (χ1n) is 3.24. The molecule has 1 aromatic heterocycles. The molecule has 72 valence electrons. The fourth-order valence-corrected chi connectivity index (χ4v) is 2.75. The normalized spacial score (nSPS) is 10.9. The summed E-state index contributed by atoms with van der Waals surface area (Å²) in [6.07, 6.45) is -1.26. The highest BCUT2D eigenvalue weighted by molar-refractivity contribution is 14.1. The van der Waals surface area contributed by atoms with Gasteiger partial charge in [-0.1, -0.05) is 15.9 Å². The van der Waals surface area contributed by atoms with Gasteiger partial charge in [-0.05, 0) is 44.1 Å². The number of halogens is 5. The van der Waals surface area contributed by atoms with E-state index in [-0.39, 0.29) is 5.56 Å². The van der Waals surface area contributed by atoms with Crippen LogP contribution in [0.2, 0.25) is 0 Å². The number of aromatic nitrogens is 1. The minimum Gasteiger partial charge on any atom is -0.249 e. The summed E-state index contributed by atoms with van der Waals surface area (Å²) in [5.41, 5.74) is 0.540. The molecule has 0 amide bonds. The predicted octanol–water partition coefficient (Wildman–Crippen LogP) is 4.28. The van der Waals surface area contributed by atoms with Crippen LogP contribution < -0.4 is 0 Å². The minimum atomic E-state index is -2.48. The van der Waals surface area contributed by atoms with Crippen molar-refractivity contribution in [2.75, 3.05) is 0 Å². The van der Waals surface area contributed by atoms with E-state index in [1.807, 2.05) is 22.6 Å². The van der Waals surface area contributed by atoms with Gasteiger partial charge in [-0.2, -0.15) is 0 Å². The van der Waals surface area contributed by atoms with Gasteiger partial charge < -0.3 is 0 Å². The lowest BCUT2D eigenvalue weighted by atomic mass is 10.2. The minimum absolute atomic E-state index is 0.0239. The largest absolute Gasteiger partial charge is 0.265 e. The first-order valence-corrected chi connectivity index (χ1v) is 6.24. The highest BCUT2D eigenvalue weighted by Gasteiger charge is 2.16. The number of nitrogens with zero attached hydrogens (tertiary/aromatic N) is 1. The molecular weight excluding hydrogens is 423 g/mol. The van der Waals surface area contributed by atoms with Gasteiger partial charge in [0.1, 0.15) is 3.70 Å². The maximum absolute atomic E-state index is 12.4. The first kappa shape index (κ1) is 11.8. The van der Waals surface area contributed by atoms with Crippen molar-refractivity contribution in [1.29, 1.82) is 0 Å². The standard InChI is InChI=1S/C7H4Br2F2IN/c8-1-3-4(6(10)11)2-13-7(12)5(3)9/h2,6H,1H2. The second-order valence-electron chi connectivity index (χ2n) is 2.23. The van der Waals surface area contributed by atoms with Crippen molar-refractivity contribution in [1.82, 2.24) is 4.98 Å². The van der Waals surface area contributed by atoms with Crippen LogP contribution in [0, 0.1) is 3.70 Å². The molecule has 0 fully saturated rings. The van der Waals surface area contributed by atoms with Gasteiger partial charge in [-0.15, -0.1) is 0 Å². The van der Waals surface area contributed by atoms with Gasteiger partial charge in [0.05, 0.1) is 4.47 Å². The van der Waals surface area contributed by atoms with Gasteiger partial charge in [0.15, 0.2) is 0 Å². The molecule has 1 rings (SSSR count). The number of pyridine rings is 1. The Labute approximate surface area is 105 Å². The zero-order chi connectivity index (χ0) is 10.0. The van der Waals surface area contributed by atoms with Crippen LogP contribution in [0.3, 0.4) is 0 Å². The van der Waals surface area contributed by atoms with E-state index in [1.165, 1.54) is 6.20 Å². The SMILES string of the molecule is FC(F)c1cnc(I)c(Br)c1CBr. The van der Waals surface area contributed by atoms with E-state index < -0.39 is 6.43 Å². The van der Waals surface area contributed by atoms with Crippen LogP contribution in [-0.2, 0) is 5.33 Å². The quantitative estimate of drug-likeness (QED) is 0.391. The highest BCUT2D eigenvalue weighted by Crippen LogP contribution is 2.31. The van der Waals surface area contributed by atoms with Gasteiger partial charge in [-0.25, -0.2) is 13.8 Å². The van der Waals surface area contributed by atoms with Crippen LogP contribution in [0.25, 0.3) is 0 Å². The van der Waals surface area contributed by atoms with Crippen LogP contribution in [-0.4, -0.2) is 4.98 Å². The summed E-state index contributed by atoms with van der Waals surface area (Å²) in [5.74, 6) is 0. The molecule has 0 N–H and O–H groups in total. The molecular formula is C7H4Br2F2IN. The molecule has 0 radical (unpaired) electrons. The topological polar surface area (TPSA) is 12.9 Å². The Kier molecular flexibility index (Phi) is 4.50. The maximum atomic E-state index is 12.4. The molecule has 0 saturated heterocycles. The zero-order valence-corrected chi connectivity index (χ0v) is 11.5. The van der Waals surface area contributed by atoms with Crippen LogP contribution in [0.4, 0.5) is 8.78 Å². The van der Waals surface area contributed by atoms with Gasteiger partial charge in [-0.3, -0.25) is 0 Å². The molecule has 1 heterocycles.